The smallest absolute Gasteiger partial charge is 0.0184 e. The van der Waals surface area contributed by atoms with E-state index in [1.807, 2.05) is 26.0 Å². The number of hydrogen-bond acceptors (Lipinski definition) is 0. The lowest BCUT2D eigenvalue weighted by Gasteiger charge is -2.02. The molecule has 0 nitrogen and oxygen atoms in total. The Morgan fingerprint density at radius 1 is 1.18 bits per heavy atom. The van der Waals surface area contributed by atoms with Gasteiger partial charge >= 0.3 is 0 Å². The zero-order valence-electron chi connectivity index (χ0n) is 11.5. The van der Waals surface area contributed by atoms with Gasteiger partial charge in [-0.15, -0.1) is 0 Å². The number of aryl methyl sites for hydroxylation is 1. The van der Waals surface area contributed by atoms with Gasteiger partial charge in [0.1, 0.15) is 0 Å². The SMILES string of the molecule is C=C/C=C(\C=C/CC)c1ccc(C)cc1.CC. The lowest BCUT2D eigenvalue weighted by Crippen LogP contribution is -1.81. The largest absolute Gasteiger partial charge is 0.0990 e. The third-order valence-electron chi connectivity index (χ3n) is 2.22. The van der Waals surface area contributed by atoms with E-state index in [1.165, 1.54) is 16.7 Å². The van der Waals surface area contributed by atoms with E-state index in [9.17, 15) is 0 Å². The van der Waals surface area contributed by atoms with Gasteiger partial charge in [-0.05, 0) is 24.5 Å². The van der Waals surface area contributed by atoms with Gasteiger partial charge in [0.25, 0.3) is 0 Å². The van der Waals surface area contributed by atoms with Gasteiger partial charge in [0.05, 0.1) is 0 Å². The lowest BCUT2D eigenvalue weighted by atomic mass is 10.0. The van der Waals surface area contributed by atoms with Crippen molar-refractivity contribution in [1.29, 1.82) is 0 Å². The zero-order chi connectivity index (χ0) is 13.1. The Morgan fingerprint density at radius 3 is 2.24 bits per heavy atom. The molecule has 1 rings (SSSR count). The van der Waals surface area contributed by atoms with Crippen molar-refractivity contribution < 1.29 is 0 Å². The Hall–Kier alpha value is -1.56. The molecule has 0 spiro atoms. The molecule has 0 radical (unpaired) electrons. The second kappa shape index (κ2) is 9.65. The molecule has 0 heterocycles. The molecule has 0 aliphatic heterocycles. The van der Waals surface area contributed by atoms with Crippen LogP contribution in [-0.2, 0) is 0 Å². The predicted octanol–water partition coefficient (Wildman–Crippen LogP) is 5.56. The molecular weight excluding hydrogens is 204 g/mol. The van der Waals surface area contributed by atoms with E-state index in [0.29, 0.717) is 0 Å². The lowest BCUT2D eigenvalue weighted by molar-refractivity contribution is 1.22. The molecule has 17 heavy (non-hydrogen) atoms. The first-order valence-electron chi connectivity index (χ1n) is 6.34. The quantitative estimate of drug-likeness (QED) is 0.592. The molecule has 0 bridgehead atoms. The molecule has 0 saturated carbocycles. The van der Waals surface area contributed by atoms with Gasteiger partial charge in [-0.3, -0.25) is 0 Å². The summed E-state index contributed by atoms with van der Waals surface area (Å²) in [7, 11) is 0. The molecule has 0 N–H and O–H groups in total. The van der Waals surface area contributed by atoms with Crippen molar-refractivity contribution in [3.05, 3.63) is 66.3 Å². The van der Waals surface area contributed by atoms with Crippen molar-refractivity contribution in [2.24, 2.45) is 0 Å². The van der Waals surface area contributed by atoms with Gasteiger partial charge in [-0.2, -0.15) is 0 Å². The highest BCUT2D eigenvalue weighted by molar-refractivity contribution is 5.75. The fourth-order valence-electron chi connectivity index (χ4n) is 1.37. The molecule has 0 atom stereocenters. The van der Waals surface area contributed by atoms with Crippen molar-refractivity contribution in [3.63, 3.8) is 0 Å². The maximum absolute atomic E-state index is 3.74. The Bertz CT molecular complexity index is 364. The summed E-state index contributed by atoms with van der Waals surface area (Å²) in [6.07, 6.45) is 9.23. The van der Waals surface area contributed by atoms with Crippen molar-refractivity contribution in [1.82, 2.24) is 0 Å². The van der Waals surface area contributed by atoms with Crippen molar-refractivity contribution in [3.8, 4) is 0 Å². The molecule has 1 aromatic carbocycles. The van der Waals surface area contributed by atoms with Crippen LogP contribution >= 0.6 is 0 Å². The molecule has 0 saturated heterocycles. The summed E-state index contributed by atoms with van der Waals surface area (Å²) >= 11 is 0. The summed E-state index contributed by atoms with van der Waals surface area (Å²) < 4.78 is 0. The fourth-order valence-corrected chi connectivity index (χ4v) is 1.37. The van der Waals surface area contributed by atoms with Crippen LogP contribution in [0.1, 0.15) is 38.3 Å². The third-order valence-corrected chi connectivity index (χ3v) is 2.22. The Kier molecular flexibility index (Phi) is 8.77. The summed E-state index contributed by atoms with van der Waals surface area (Å²) in [6, 6.07) is 8.55. The highest BCUT2D eigenvalue weighted by Crippen LogP contribution is 2.16. The van der Waals surface area contributed by atoms with Gasteiger partial charge in [-0.25, -0.2) is 0 Å². The standard InChI is InChI=1S/C15H18.C2H6/c1-4-6-8-14(7-5-2)15-11-9-13(3)10-12-15;1-2/h5-12H,2,4H2,1,3H3;1-2H3/b8-6-,14-7+;. The van der Waals surface area contributed by atoms with E-state index >= 15 is 0 Å². The van der Waals surface area contributed by atoms with Crippen LogP contribution in [0.15, 0.2) is 55.1 Å². The summed E-state index contributed by atoms with van der Waals surface area (Å²) in [5.74, 6) is 0. The molecule has 0 aromatic heterocycles. The van der Waals surface area contributed by atoms with Gasteiger partial charge in [0.2, 0.25) is 0 Å². The van der Waals surface area contributed by atoms with Crippen molar-refractivity contribution >= 4 is 5.57 Å². The van der Waals surface area contributed by atoms with Crippen LogP contribution in [0.25, 0.3) is 5.57 Å². The second-order valence-corrected chi connectivity index (χ2v) is 3.53. The fraction of sp³-hybridized carbons (Fsp3) is 0.294. The second-order valence-electron chi connectivity index (χ2n) is 3.53. The van der Waals surface area contributed by atoms with Gasteiger partial charge < -0.3 is 0 Å². The van der Waals surface area contributed by atoms with Crippen LogP contribution in [0, 0.1) is 6.92 Å². The normalized spacial score (nSPS) is 10.9. The summed E-state index contributed by atoms with van der Waals surface area (Å²) in [5, 5.41) is 0. The van der Waals surface area contributed by atoms with Crippen molar-refractivity contribution in [2.45, 2.75) is 34.1 Å². The van der Waals surface area contributed by atoms with Gasteiger partial charge in [0.15, 0.2) is 0 Å². The van der Waals surface area contributed by atoms with E-state index < -0.39 is 0 Å². The average Bonchev–Trinajstić information content (AvgIpc) is 2.38. The number of allylic oxidation sites excluding steroid dienone is 5. The molecule has 0 aliphatic rings. The summed E-state index contributed by atoms with van der Waals surface area (Å²) in [6.45, 7) is 12.0. The van der Waals surface area contributed by atoms with Crippen LogP contribution in [0.5, 0.6) is 0 Å². The predicted molar refractivity (Wildman–Crippen MR) is 80.1 cm³/mol. The summed E-state index contributed by atoms with van der Waals surface area (Å²) in [5.41, 5.74) is 3.74. The zero-order valence-corrected chi connectivity index (χ0v) is 11.5. The van der Waals surface area contributed by atoms with E-state index in [4.69, 9.17) is 0 Å². The van der Waals surface area contributed by atoms with E-state index in [0.717, 1.165) is 6.42 Å². The molecule has 92 valence electrons. The van der Waals surface area contributed by atoms with Gasteiger partial charge in [0, 0.05) is 0 Å². The van der Waals surface area contributed by atoms with Crippen LogP contribution in [-0.4, -0.2) is 0 Å². The maximum atomic E-state index is 3.74. The minimum atomic E-state index is 1.06. The Labute approximate surface area is 106 Å². The molecule has 0 unspecified atom stereocenters. The highest BCUT2D eigenvalue weighted by Gasteiger charge is 1.95. The number of hydrogen-bond donors (Lipinski definition) is 0. The minimum absolute atomic E-state index is 1.06. The van der Waals surface area contributed by atoms with Crippen LogP contribution in [0.3, 0.4) is 0 Å². The topological polar surface area (TPSA) is 0 Å². The van der Waals surface area contributed by atoms with Crippen molar-refractivity contribution in [2.75, 3.05) is 0 Å². The average molecular weight is 228 g/mol. The van der Waals surface area contributed by atoms with Crippen LogP contribution < -0.4 is 0 Å². The van der Waals surface area contributed by atoms with Crippen LogP contribution in [0.2, 0.25) is 0 Å². The van der Waals surface area contributed by atoms with E-state index in [1.54, 1.807) is 0 Å². The third kappa shape index (κ3) is 5.91. The first-order chi connectivity index (χ1) is 8.27. The Morgan fingerprint density at radius 2 is 1.76 bits per heavy atom. The molecule has 1 aromatic rings. The molecular formula is C17H24. The number of rotatable bonds is 4. The molecule has 0 amide bonds. The monoisotopic (exact) mass is 228 g/mol. The molecule has 0 aliphatic carbocycles. The minimum Gasteiger partial charge on any atom is -0.0990 e. The Balaban J connectivity index is 0.00000121. The highest BCUT2D eigenvalue weighted by atomic mass is 14.0. The number of benzene rings is 1. The summed E-state index contributed by atoms with van der Waals surface area (Å²) in [4.78, 5) is 0. The van der Waals surface area contributed by atoms with Gasteiger partial charge in [-0.1, -0.05) is 81.5 Å². The van der Waals surface area contributed by atoms with E-state index in [-0.39, 0.29) is 0 Å². The van der Waals surface area contributed by atoms with E-state index in [2.05, 4.69) is 56.8 Å². The maximum Gasteiger partial charge on any atom is -0.0184 e. The van der Waals surface area contributed by atoms with Crippen LogP contribution in [0.4, 0.5) is 0 Å². The molecule has 0 fully saturated rings. The molecule has 0 heteroatoms. The first-order valence-corrected chi connectivity index (χ1v) is 6.34. The first kappa shape index (κ1) is 15.4.